The quantitative estimate of drug-likeness (QED) is 0.0395. The van der Waals surface area contributed by atoms with E-state index in [4.69, 9.17) is 5.41 Å². The topological polar surface area (TPSA) is 169 Å². The van der Waals surface area contributed by atoms with Crippen LogP contribution in [0.25, 0.3) is 0 Å². The lowest BCUT2D eigenvalue weighted by molar-refractivity contribution is -0.385. The van der Waals surface area contributed by atoms with Crippen LogP contribution in [0.4, 0.5) is 20.2 Å². The molecule has 12 nitrogen and oxygen atoms in total. The molecule has 0 radical (unpaired) electrons. The van der Waals surface area contributed by atoms with E-state index >= 15 is 0 Å². The average Bonchev–Trinajstić information content (AvgIpc) is 3.66. The van der Waals surface area contributed by atoms with E-state index in [1.807, 2.05) is 19.1 Å². The van der Waals surface area contributed by atoms with E-state index in [2.05, 4.69) is 70.6 Å². The SMILES string of the molecule is C=CC1=C(/C=C(\C)F)C(CC)CN1C(=O)c1[nH]ncc1[N+](=O)[O-].C=CCN1CCC2CC(CNc3ccc(F)cc32)C1.CC/C=C\CNCC.N=CN. The van der Waals surface area contributed by atoms with E-state index in [-0.39, 0.29) is 23.3 Å². The molecule has 290 valence electrons. The van der Waals surface area contributed by atoms with Gasteiger partial charge in [0.1, 0.15) is 12.0 Å². The van der Waals surface area contributed by atoms with Crippen LogP contribution in [0.2, 0.25) is 0 Å². The summed E-state index contributed by atoms with van der Waals surface area (Å²) >= 11 is 0. The number of carbonyl (C=O) groups is 1. The fourth-order valence-electron chi connectivity index (χ4n) is 6.60. The van der Waals surface area contributed by atoms with Crippen LogP contribution in [0.15, 0.2) is 85.0 Å². The number of nitro groups is 1. The van der Waals surface area contributed by atoms with Crippen LogP contribution in [0.5, 0.6) is 0 Å². The Bertz CT molecular complexity index is 1600. The highest BCUT2D eigenvalue weighted by atomic mass is 19.1. The van der Waals surface area contributed by atoms with Gasteiger partial charge in [0.25, 0.3) is 5.91 Å². The zero-order chi connectivity index (χ0) is 39.3. The van der Waals surface area contributed by atoms with Crippen molar-refractivity contribution in [3.8, 4) is 0 Å². The number of allylic oxidation sites excluding steroid dienone is 4. The number of nitrogens with two attached hydrogens (primary N) is 1. The number of amides is 1. The first-order valence-electron chi connectivity index (χ1n) is 18.1. The number of fused-ring (bicyclic) bond motifs is 4. The third kappa shape index (κ3) is 13.5. The van der Waals surface area contributed by atoms with Gasteiger partial charge in [0.15, 0.2) is 0 Å². The first kappa shape index (κ1) is 44.2. The van der Waals surface area contributed by atoms with Gasteiger partial charge in [-0.3, -0.25) is 30.3 Å². The third-order valence-electron chi connectivity index (χ3n) is 9.01. The molecule has 0 spiro atoms. The smallest absolute Gasteiger partial charge is 0.319 e. The number of likely N-dealkylation sites (N-methyl/N-ethyl adjacent to an activating group) is 1. The van der Waals surface area contributed by atoms with Crippen molar-refractivity contribution in [1.29, 1.82) is 5.41 Å². The normalized spacial score (nSPS) is 19.5. The van der Waals surface area contributed by atoms with E-state index in [0.717, 1.165) is 76.8 Å². The maximum Gasteiger partial charge on any atom is 0.319 e. The van der Waals surface area contributed by atoms with Crippen LogP contribution in [-0.2, 0) is 0 Å². The van der Waals surface area contributed by atoms with Crippen LogP contribution in [0.3, 0.4) is 0 Å². The summed E-state index contributed by atoms with van der Waals surface area (Å²) < 4.78 is 26.8. The van der Waals surface area contributed by atoms with Gasteiger partial charge in [-0.25, -0.2) is 8.78 Å². The molecule has 3 atom stereocenters. The second-order valence-electron chi connectivity index (χ2n) is 12.8. The number of likely N-dealkylation sites (tertiary alicyclic amines) is 1. The second-order valence-corrected chi connectivity index (χ2v) is 12.8. The number of aromatic nitrogens is 2. The minimum Gasteiger partial charge on any atom is -0.390 e. The molecule has 5 rings (SSSR count). The molecule has 4 heterocycles. The number of benzene rings is 1. The Kier molecular flexibility index (Phi) is 19.7. The summed E-state index contributed by atoms with van der Waals surface area (Å²) in [5, 5.41) is 29.5. The Morgan fingerprint density at radius 1 is 1.25 bits per heavy atom. The molecule has 0 saturated carbocycles. The molecule has 1 aromatic carbocycles. The van der Waals surface area contributed by atoms with Crippen molar-refractivity contribution in [2.45, 2.75) is 59.3 Å². The molecule has 6 N–H and O–H groups in total. The summed E-state index contributed by atoms with van der Waals surface area (Å²) in [6.07, 6.45) is 15.0. The van der Waals surface area contributed by atoms with E-state index in [1.54, 1.807) is 12.1 Å². The zero-order valence-corrected chi connectivity index (χ0v) is 31.5. The third-order valence-corrected chi connectivity index (χ3v) is 9.01. The lowest BCUT2D eigenvalue weighted by Gasteiger charge is -2.23. The maximum atomic E-state index is 13.5. The van der Waals surface area contributed by atoms with Gasteiger partial charge in [-0.05, 0) is 99.0 Å². The van der Waals surface area contributed by atoms with Gasteiger partial charge >= 0.3 is 5.69 Å². The van der Waals surface area contributed by atoms with Crippen LogP contribution >= 0.6 is 0 Å². The number of aromatic amines is 1. The molecule has 3 unspecified atom stereocenters. The Morgan fingerprint density at radius 3 is 2.58 bits per heavy atom. The number of nitrogens with zero attached hydrogens (tertiary/aromatic N) is 4. The van der Waals surface area contributed by atoms with Crippen molar-refractivity contribution in [3.63, 3.8) is 0 Å². The Morgan fingerprint density at radius 2 is 1.98 bits per heavy atom. The highest BCUT2D eigenvalue weighted by Crippen LogP contribution is 2.38. The van der Waals surface area contributed by atoms with E-state index in [9.17, 15) is 23.7 Å². The molecule has 1 aromatic heterocycles. The number of anilines is 1. The van der Waals surface area contributed by atoms with Gasteiger partial charge < -0.3 is 21.3 Å². The van der Waals surface area contributed by atoms with Crippen LogP contribution in [-0.4, -0.2) is 83.0 Å². The van der Waals surface area contributed by atoms with Crippen LogP contribution in [0.1, 0.15) is 75.3 Å². The molecule has 1 amide bonds. The fraction of sp³-hybridized carbons (Fsp3) is 0.462. The molecule has 14 heteroatoms. The standard InChI is InChI=1S/C16H21FN2.C15H17FN4O3.C7H15N.CH4N2/c1-2-6-19-7-5-13-8-12(11-19)10-18-16-4-3-14(17)9-15(13)16;1-4-10-8-19(12(5-2)11(10)6-9(3)16)15(21)14-13(20(22)23)7-17-18-14;1-3-5-6-7-8-4-2;2-1-3/h2-4,9,12-13,18H,1,5-8,10-11H2;5-7,10H,2,4,8H2,1,3H3,(H,17,18);5-6,8H,3-4,7H2,1-2H3;1H,(H3,2,3)/b;9-6+;6-5-;. The van der Waals surface area contributed by atoms with Gasteiger partial charge in [0.2, 0.25) is 5.69 Å². The predicted octanol–water partition coefficient (Wildman–Crippen LogP) is 7.46. The van der Waals surface area contributed by atoms with Crippen LogP contribution in [0, 0.1) is 33.2 Å². The second kappa shape index (κ2) is 23.6. The van der Waals surface area contributed by atoms with Crippen LogP contribution < -0.4 is 16.4 Å². The maximum absolute atomic E-state index is 13.5. The molecule has 3 aliphatic rings. The highest BCUT2D eigenvalue weighted by molar-refractivity contribution is 5.97. The summed E-state index contributed by atoms with van der Waals surface area (Å²) in [6.45, 7) is 21.6. The Balaban J connectivity index is 0.000000290. The van der Waals surface area contributed by atoms with E-state index in [0.29, 0.717) is 36.1 Å². The first-order valence-corrected chi connectivity index (χ1v) is 18.1. The number of carbonyl (C=O) groups excluding carboxylic acids is 1. The van der Waals surface area contributed by atoms with Crippen molar-refractivity contribution in [1.82, 2.24) is 25.3 Å². The average molecular weight is 738 g/mol. The minimum absolute atomic E-state index is 0.0559. The summed E-state index contributed by atoms with van der Waals surface area (Å²) in [5.74, 6) is -0.00340. The van der Waals surface area contributed by atoms with Crippen molar-refractivity contribution >= 4 is 23.6 Å². The Hall–Kier alpha value is -4.95. The lowest BCUT2D eigenvalue weighted by Crippen LogP contribution is -2.31. The Labute approximate surface area is 312 Å². The first-order chi connectivity index (χ1) is 25.5. The minimum atomic E-state index is -0.673. The molecule has 2 aromatic rings. The molecule has 3 aliphatic heterocycles. The summed E-state index contributed by atoms with van der Waals surface area (Å²) in [5.41, 5.74) is 7.22. The number of hydrogen-bond acceptors (Lipinski definition) is 8. The molecule has 1 fully saturated rings. The lowest BCUT2D eigenvalue weighted by atomic mass is 9.88. The molecule has 1 saturated heterocycles. The molecular formula is C39H57F2N9O3. The fourth-order valence-corrected chi connectivity index (χ4v) is 6.60. The van der Waals surface area contributed by atoms with E-state index < -0.39 is 16.5 Å². The highest BCUT2D eigenvalue weighted by Gasteiger charge is 2.36. The van der Waals surface area contributed by atoms with E-state index in [1.165, 1.54) is 29.5 Å². The summed E-state index contributed by atoms with van der Waals surface area (Å²) in [4.78, 5) is 26.8. The van der Waals surface area contributed by atoms with Crippen molar-refractivity contribution in [3.05, 3.63) is 112 Å². The predicted molar refractivity (Wildman–Crippen MR) is 210 cm³/mol. The molecular weight excluding hydrogens is 680 g/mol. The number of nitrogens with one attached hydrogen (secondary N) is 4. The van der Waals surface area contributed by atoms with Gasteiger partial charge in [-0.15, -0.1) is 6.58 Å². The molecule has 0 aliphatic carbocycles. The van der Waals surface area contributed by atoms with Gasteiger partial charge in [0, 0.05) is 50.0 Å². The molecule has 53 heavy (non-hydrogen) atoms. The number of halogens is 2. The van der Waals surface area contributed by atoms with Gasteiger partial charge in [-0.2, -0.15) is 5.10 Å². The van der Waals surface area contributed by atoms with Gasteiger partial charge in [0.05, 0.1) is 17.1 Å². The van der Waals surface area contributed by atoms with Gasteiger partial charge in [-0.1, -0.05) is 45.6 Å². The van der Waals surface area contributed by atoms with Crippen molar-refractivity contribution < 1.29 is 18.5 Å². The summed E-state index contributed by atoms with van der Waals surface area (Å²) in [7, 11) is 0. The number of hydrogen-bond donors (Lipinski definition) is 5. The van der Waals surface area contributed by atoms with Crippen molar-refractivity contribution in [2.75, 3.05) is 51.1 Å². The zero-order valence-electron chi connectivity index (χ0n) is 31.5. The molecule has 2 bridgehead atoms. The number of rotatable bonds is 11. The number of H-pyrrole nitrogens is 1. The summed E-state index contributed by atoms with van der Waals surface area (Å²) in [6, 6.07) is 5.17. The van der Waals surface area contributed by atoms with Crippen molar-refractivity contribution in [2.24, 2.45) is 17.6 Å². The largest absolute Gasteiger partial charge is 0.390 e. The monoisotopic (exact) mass is 737 g/mol.